The van der Waals surface area contributed by atoms with Gasteiger partial charge in [-0.1, -0.05) is 13.8 Å². The largest absolute Gasteiger partial charge is 0.388 e. The monoisotopic (exact) mass is 213 g/mol. The lowest BCUT2D eigenvalue weighted by Gasteiger charge is -2.48. The highest BCUT2D eigenvalue weighted by Crippen LogP contribution is 2.43. The second-order valence-corrected chi connectivity index (χ2v) is 5.84. The summed E-state index contributed by atoms with van der Waals surface area (Å²) in [5, 5.41) is 10.8. The van der Waals surface area contributed by atoms with Crippen LogP contribution in [0.15, 0.2) is 0 Å². The molecule has 0 aromatic heterocycles. The molecule has 3 atom stereocenters. The zero-order valence-electron chi connectivity index (χ0n) is 9.83. The van der Waals surface area contributed by atoms with E-state index in [9.17, 15) is 5.11 Å². The van der Waals surface area contributed by atoms with Crippen LogP contribution in [-0.4, -0.2) is 29.5 Å². The van der Waals surface area contributed by atoms with E-state index in [1.165, 1.54) is 6.42 Å². The van der Waals surface area contributed by atoms with Crippen LogP contribution < -0.4 is 5.73 Å². The first-order chi connectivity index (χ1) is 6.95. The van der Waals surface area contributed by atoms with Gasteiger partial charge < -0.3 is 15.6 Å². The summed E-state index contributed by atoms with van der Waals surface area (Å²) in [4.78, 5) is 0. The van der Waals surface area contributed by atoms with Crippen molar-refractivity contribution in [1.29, 1.82) is 0 Å². The van der Waals surface area contributed by atoms with Crippen LogP contribution in [-0.2, 0) is 4.74 Å². The fourth-order valence-electron chi connectivity index (χ4n) is 3.44. The molecule has 0 amide bonds. The lowest BCUT2D eigenvalue weighted by molar-refractivity contribution is -0.0915. The van der Waals surface area contributed by atoms with E-state index in [-0.39, 0.29) is 0 Å². The first-order valence-electron chi connectivity index (χ1n) is 6.04. The number of rotatable bonds is 1. The maximum absolute atomic E-state index is 10.8. The zero-order chi connectivity index (χ0) is 11.1. The summed E-state index contributed by atoms with van der Waals surface area (Å²) in [7, 11) is 0. The highest BCUT2D eigenvalue weighted by Gasteiger charge is 2.52. The summed E-state index contributed by atoms with van der Waals surface area (Å²) in [5.74, 6) is 1.14. The number of hydrogen-bond acceptors (Lipinski definition) is 3. The van der Waals surface area contributed by atoms with Crippen molar-refractivity contribution in [3.63, 3.8) is 0 Å². The summed E-state index contributed by atoms with van der Waals surface area (Å²) >= 11 is 0. The van der Waals surface area contributed by atoms with Gasteiger partial charge in [0.15, 0.2) is 0 Å². The highest BCUT2D eigenvalue weighted by molar-refractivity contribution is 5.08. The molecule has 0 aromatic carbocycles. The van der Waals surface area contributed by atoms with Crippen LogP contribution in [0.1, 0.15) is 39.5 Å². The van der Waals surface area contributed by atoms with Gasteiger partial charge in [0, 0.05) is 6.61 Å². The fourth-order valence-corrected chi connectivity index (χ4v) is 3.44. The molecule has 1 heterocycles. The normalized spacial score (nSPS) is 52.0. The van der Waals surface area contributed by atoms with Crippen LogP contribution in [0.25, 0.3) is 0 Å². The van der Waals surface area contributed by atoms with Gasteiger partial charge in [-0.15, -0.1) is 0 Å². The van der Waals surface area contributed by atoms with Crippen molar-refractivity contribution in [1.82, 2.24) is 0 Å². The van der Waals surface area contributed by atoms with Gasteiger partial charge in [-0.2, -0.15) is 0 Å². The summed E-state index contributed by atoms with van der Waals surface area (Å²) in [6.45, 7) is 5.63. The molecule has 0 bridgehead atoms. The van der Waals surface area contributed by atoms with Crippen molar-refractivity contribution in [3.8, 4) is 0 Å². The molecule has 88 valence electrons. The van der Waals surface area contributed by atoms with Crippen LogP contribution in [0.5, 0.6) is 0 Å². The topological polar surface area (TPSA) is 55.5 Å². The molecule has 0 spiro atoms. The van der Waals surface area contributed by atoms with E-state index in [1.807, 2.05) is 0 Å². The Hall–Kier alpha value is -0.120. The number of hydrogen-bond donors (Lipinski definition) is 2. The molecule has 0 aromatic rings. The van der Waals surface area contributed by atoms with Gasteiger partial charge in [0.2, 0.25) is 0 Å². The molecule has 2 rings (SSSR count). The molecule has 3 nitrogen and oxygen atoms in total. The Labute approximate surface area is 92.0 Å². The third-order valence-electron chi connectivity index (χ3n) is 4.16. The summed E-state index contributed by atoms with van der Waals surface area (Å²) in [6, 6.07) is 0. The standard InChI is InChI=1S/C12H23NO2/c1-9-5-10(2)7-12(14,6-9)11(13)3-4-15-8-11/h9-10,14H,3-8,13H2,1-2H3. The predicted octanol–water partition coefficient (Wildman–Crippen LogP) is 1.29. The average Bonchev–Trinajstić information content (AvgIpc) is 2.51. The quantitative estimate of drug-likeness (QED) is 0.690. The number of aliphatic hydroxyl groups is 1. The van der Waals surface area contributed by atoms with Crippen LogP contribution in [0.4, 0.5) is 0 Å². The Morgan fingerprint density at radius 3 is 2.33 bits per heavy atom. The molecule has 15 heavy (non-hydrogen) atoms. The van der Waals surface area contributed by atoms with Crippen molar-refractivity contribution in [3.05, 3.63) is 0 Å². The SMILES string of the molecule is CC1CC(C)CC(O)(C2(N)CCOC2)C1. The number of nitrogens with two attached hydrogens (primary N) is 1. The Morgan fingerprint density at radius 2 is 1.87 bits per heavy atom. The van der Waals surface area contributed by atoms with Gasteiger partial charge in [-0.3, -0.25) is 0 Å². The molecule has 2 fully saturated rings. The number of ether oxygens (including phenoxy) is 1. The lowest BCUT2D eigenvalue weighted by atomic mass is 9.65. The average molecular weight is 213 g/mol. The second-order valence-electron chi connectivity index (χ2n) is 5.84. The van der Waals surface area contributed by atoms with E-state index in [2.05, 4.69) is 13.8 Å². The molecule has 1 saturated heterocycles. The minimum Gasteiger partial charge on any atom is -0.388 e. The molecular weight excluding hydrogens is 190 g/mol. The Morgan fingerprint density at radius 1 is 1.27 bits per heavy atom. The Balaban J connectivity index is 2.17. The molecule has 2 aliphatic rings. The van der Waals surface area contributed by atoms with Gasteiger partial charge in [0.05, 0.1) is 17.7 Å². The summed E-state index contributed by atoms with van der Waals surface area (Å²) in [5.41, 5.74) is 5.11. The Bertz CT molecular complexity index is 226. The third-order valence-corrected chi connectivity index (χ3v) is 4.16. The first kappa shape index (κ1) is 11.4. The van der Waals surface area contributed by atoms with Gasteiger partial charge >= 0.3 is 0 Å². The maximum Gasteiger partial charge on any atom is 0.0854 e. The summed E-state index contributed by atoms with van der Waals surface area (Å²) in [6.07, 6.45) is 3.66. The molecule has 0 radical (unpaired) electrons. The second kappa shape index (κ2) is 3.72. The zero-order valence-corrected chi connectivity index (χ0v) is 9.83. The minimum absolute atomic E-state index is 0.504. The van der Waals surface area contributed by atoms with E-state index < -0.39 is 11.1 Å². The van der Waals surface area contributed by atoms with E-state index >= 15 is 0 Å². The van der Waals surface area contributed by atoms with Crippen molar-refractivity contribution < 1.29 is 9.84 Å². The molecule has 1 aliphatic heterocycles. The molecule has 3 N–H and O–H groups in total. The molecular formula is C12H23NO2. The van der Waals surface area contributed by atoms with Gasteiger partial charge in [-0.25, -0.2) is 0 Å². The first-order valence-corrected chi connectivity index (χ1v) is 6.04. The van der Waals surface area contributed by atoms with Crippen LogP contribution in [0, 0.1) is 11.8 Å². The molecule has 1 saturated carbocycles. The predicted molar refractivity (Wildman–Crippen MR) is 59.5 cm³/mol. The molecule has 3 unspecified atom stereocenters. The fraction of sp³-hybridized carbons (Fsp3) is 1.00. The van der Waals surface area contributed by atoms with Gasteiger partial charge in [-0.05, 0) is 37.5 Å². The molecule has 1 aliphatic carbocycles. The lowest BCUT2D eigenvalue weighted by Crippen LogP contribution is -2.63. The Kier molecular flexibility index (Phi) is 2.82. The smallest absolute Gasteiger partial charge is 0.0854 e. The van der Waals surface area contributed by atoms with Crippen molar-refractivity contribution in [2.24, 2.45) is 17.6 Å². The van der Waals surface area contributed by atoms with Crippen molar-refractivity contribution in [2.75, 3.05) is 13.2 Å². The highest BCUT2D eigenvalue weighted by atomic mass is 16.5. The summed E-state index contributed by atoms with van der Waals surface area (Å²) < 4.78 is 5.36. The van der Waals surface area contributed by atoms with E-state index in [4.69, 9.17) is 10.5 Å². The van der Waals surface area contributed by atoms with Crippen molar-refractivity contribution >= 4 is 0 Å². The van der Waals surface area contributed by atoms with Crippen LogP contribution >= 0.6 is 0 Å². The van der Waals surface area contributed by atoms with Crippen LogP contribution in [0.3, 0.4) is 0 Å². The van der Waals surface area contributed by atoms with Crippen LogP contribution in [0.2, 0.25) is 0 Å². The van der Waals surface area contributed by atoms with E-state index in [0.717, 1.165) is 19.3 Å². The van der Waals surface area contributed by atoms with Crippen molar-refractivity contribution in [2.45, 2.75) is 50.7 Å². The van der Waals surface area contributed by atoms with Gasteiger partial charge in [0.25, 0.3) is 0 Å². The maximum atomic E-state index is 10.8. The molecule has 3 heteroatoms. The third kappa shape index (κ3) is 1.93. The van der Waals surface area contributed by atoms with E-state index in [0.29, 0.717) is 25.0 Å². The van der Waals surface area contributed by atoms with E-state index in [1.54, 1.807) is 0 Å². The minimum atomic E-state index is -0.708. The van der Waals surface area contributed by atoms with Gasteiger partial charge in [0.1, 0.15) is 0 Å².